The number of alkyl halides is 3. The Hall–Kier alpha value is -0.830. The van der Waals surface area contributed by atoms with Crippen molar-refractivity contribution in [2.75, 3.05) is 12.3 Å². The van der Waals surface area contributed by atoms with E-state index in [1.54, 1.807) is 13.8 Å². The molecule has 0 aliphatic heterocycles. The molecule has 2 N–H and O–H groups in total. The zero-order valence-electron chi connectivity index (χ0n) is 10.7. The summed E-state index contributed by atoms with van der Waals surface area (Å²) < 4.78 is 60.4. The second kappa shape index (κ2) is 7.09. The average molecular weight is 305 g/mol. The van der Waals surface area contributed by atoms with Gasteiger partial charge in [0.25, 0.3) is 0 Å². The summed E-state index contributed by atoms with van der Waals surface area (Å²) in [5.74, 6) is -3.00. The smallest absolute Gasteiger partial charge is 0.389 e. The number of carboxylic acid groups (broad SMARTS) is 1. The molecule has 0 saturated carbocycles. The summed E-state index contributed by atoms with van der Waals surface area (Å²) in [5.41, 5.74) is 0. The maximum atomic E-state index is 11.9. The molecule has 0 amide bonds. The van der Waals surface area contributed by atoms with E-state index >= 15 is 0 Å². The van der Waals surface area contributed by atoms with Crippen LogP contribution in [-0.2, 0) is 14.8 Å². The number of hydrogen-bond acceptors (Lipinski definition) is 3. The van der Waals surface area contributed by atoms with E-state index in [1.807, 2.05) is 4.72 Å². The van der Waals surface area contributed by atoms with E-state index < -0.39 is 46.7 Å². The summed E-state index contributed by atoms with van der Waals surface area (Å²) in [7, 11) is -3.88. The van der Waals surface area contributed by atoms with Crippen molar-refractivity contribution in [3.63, 3.8) is 0 Å². The number of halogens is 3. The summed E-state index contributed by atoms with van der Waals surface area (Å²) in [6.07, 6.45) is -6.12. The number of carbonyl (C=O) groups is 1. The maximum absolute atomic E-state index is 11.9. The van der Waals surface area contributed by atoms with Crippen molar-refractivity contribution in [2.45, 2.75) is 32.9 Å². The van der Waals surface area contributed by atoms with Crippen LogP contribution in [0.5, 0.6) is 0 Å². The third-order valence-corrected chi connectivity index (χ3v) is 3.95. The second-order valence-electron chi connectivity index (χ2n) is 4.57. The first kappa shape index (κ1) is 18.2. The fraction of sp³-hybridized carbons (Fsp3) is 0.900. The molecule has 114 valence electrons. The van der Waals surface area contributed by atoms with E-state index in [0.29, 0.717) is 0 Å². The molecule has 0 bridgehead atoms. The van der Waals surface area contributed by atoms with Gasteiger partial charge in [-0.2, -0.15) is 13.2 Å². The van der Waals surface area contributed by atoms with Crippen LogP contribution in [0.3, 0.4) is 0 Å². The molecule has 0 aromatic rings. The summed E-state index contributed by atoms with van der Waals surface area (Å²) in [6, 6.07) is 0. The number of hydrogen-bond donors (Lipinski definition) is 2. The van der Waals surface area contributed by atoms with Crippen molar-refractivity contribution in [3.8, 4) is 0 Å². The number of nitrogens with one attached hydrogen (secondary N) is 1. The Morgan fingerprint density at radius 1 is 1.32 bits per heavy atom. The average Bonchev–Trinajstić information content (AvgIpc) is 2.13. The minimum absolute atomic E-state index is 0.282. The first-order valence-corrected chi connectivity index (χ1v) is 7.37. The Kier molecular flexibility index (Phi) is 6.78. The molecule has 0 aromatic heterocycles. The molecule has 0 aliphatic carbocycles. The molecular weight excluding hydrogens is 287 g/mol. The van der Waals surface area contributed by atoms with Gasteiger partial charge in [-0.1, -0.05) is 13.8 Å². The van der Waals surface area contributed by atoms with Gasteiger partial charge in [0, 0.05) is 13.0 Å². The predicted octanol–water partition coefficient (Wildman–Crippen LogP) is 1.61. The predicted molar refractivity (Wildman–Crippen MR) is 63.0 cm³/mol. The second-order valence-corrected chi connectivity index (χ2v) is 6.50. The lowest BCUT2D eigenvalue weighted by molar-refractivity contribution is -0.142. The van der Waals surface area contributed by atoms with Crippen LogP contribution < -0.4 is 4.72 Å². The first-order valence-electron chi connectivity index (χ1n) is 5.71. The first-order chi connectivity index (χ1) is 8.44. The van der Waals surface area contributed by atoms with Crippen molar-refractivity contribution >= 4 is 16.0 Å². The highest BCUT2D eigenvalue weighted by atomic mass is 32.2. The minimum Gasteiger partial charge on any atom is -0.481 e. The monoisotopic (exact) mass is 305 g/mol. The van der Waals surface area contributed by atoms with Gasteiger partial charge in [0.1, 0.15) is 0 Å². The van der Waals surface area contributed by atoms with E-state index in [4.69, 9.17) is 5.11 Å². The van der Waals surface area contributed by atoms with Crippen LogP contribution in [0, 0.1) is 11.8 Å². The fourth-order valence-corrected chi connectivity index (χ4v) is 2.46. The zero-order valence-corrected chi connectivity index (χ0v) is 11.5. The van der Waals surface area contributed by atoms with E-state index in [2.05, 4.69) is 0 Å². The van der Waals surface area contributed by atoms with Gasteiger partial charge in [-0.15, -0.1) is 0 Å². The molecular formula is C10H18F3NO4S. The third kappa shape index (κ3) is 8.82. The van der Waals surface area contributed by atoms with Gasteiger partial charge in [-0.05, 0) is 12.3 Å². The van der Waals surface area contributed by atoms with Crippen LogP contribution in [0.15, 0.2) is 0 Å². The molecule has 0 aliphatic rings. The largest absolute Gasteiger partial charge is 0.481 e. The van der Waals surface area contributed by atoms with Gasteiger partial charge in [0.15, 0.2) is 0 Å². The summed E-state index contributed by atoms with van der Waals surface area (Å²) in [4.78, 5) is 10.8. The molecule has 0 heterocycles. The summed E-state index contributed by atoms with van der Waals surface area (Å²) in [6.45, 7) is 2.93. The van der Waals surface area contributed by atoms with E-state index in [9.17, 15) is 26.4 Å². The highest BCUT2D eigenvalue weighted by molar-refractivity contribution is 7.89. The molecule has 1 unspecified atom stereocenters. The van der Waals surface area contributed by atoms with Gasteiger partial charge >= 0.3 is 12.1 Å². The minimum atomic E-state index is -4.39. The summed E-state index contributed by atoms with van der Waals surface area (Å²) >= 11 is 0. The Balaban J connectivity index is 4.27. The van der Waals surface area contributed by atoms with Crippen molar-refractivity contribution < 1.29 is 31.5 Å². The van der Waals surface area contributed by atoms with Crippen LogP contribution in [-0.4, -0.2) is 38.0 Å². The molecule has 0 radical (unpaired) electrons. The number of aliphatic carboxylic acids is 1. The van der Waals surface area contributed by atoms with Gasteiger partial charge < -0.3 is 5.11 Å². The van der Waals surface area contributed by atoms with Gasteiger partial charge in [0.05, 0.1) is 11.7 Å². The lowest BCUT2D eigenvalue weighted by Gasteiger charge is -2.16. The lowest BCUT2D eigenvalue weighted by Crippen LogP contribution is -2.36. The summed E-state index contributed by atoms with van der Waals surface area (Å²) in [5, 5.41) is 8.84. The van der Waals surface area contributed by atoms with Crippen LogP contribution in [0.1, 0.15) is 26.7 Å². The molecule has 19 heavy (non-hydrogen) atoms. The molecule has 9 heteroatoms. The van der Waals surface area contributed by atoms with Crippen molar-refractivity contribution in [2.24, 2.45) is 11.8 Å². The molecule has 1 atom stereocenters. The van der Waals surface area contributed by atoms with E-state index in [-0.39, 0.29) is 12.5 Å². The standard InChI is InChI=1S/C10H18F3NO4S/c1-7(2)8(9(15)16)6-14-19(17,18)5-3-4-10(11,12)13/h7-8,14H,3-6H2,1-2H3,(H,15,16). The molecule has 0 spiro atoms. The van der Waals surface area contributed by atoms with Crippen LogP contribution in [0.4, 0.5) is 13.2 Å². The van der Waals surface area contributed by atoms with Gasteiger partial charge in [-0.25, -0.2) is 13.1 Å². The fourth-order valence-electron chi connectivity index (χ4n) is 1.36. The van der Waals surface area contributed by atoms with Crippen molar-refractivity contribution in [1.29, 1.82) is 0 Å². The Morgan fingerprint density at radius 2 is 1.84 bits per heavy atom. The Bertz CT molecular complexity index is 392. The van der Waals surface area contributed by atoms with Crippen LogP contribution in [0.25, 0.3) is 0 Å². The zero-order chi connectivity index (χ0) is 15.3. The van der Waals surface area contributed by atoms with E-state index in [1.165, 1.54) is 0 Å². The normalized spacial score (nSPS) is 14.6. The molecule has 0 fully saturated rings. The topological polar surface area (TPSA) is 83.5 Å². The van der Waals surface area contributed by atoms with Crippen LogP contribution >= 0.6 is 0 Å². The third-order valence-electron chi connectivity index (χ3n) is 2.52. The molecule has 0 aromatic carbocycles. The highest BCUT2D eigenvalue weighted by Gasteiger charge is 2.28. The van der Waals surface area contributed by atoms with Gasteiger partial charge in [0.2, 0.25) is 10.0 Å². The highest BCUT2D eigenvalue weighted by Crippen LogP contribution is 2.21. The van der Waals surface area contributed by atoms with E-state index in [0.717, 1.165) is 0 Å². The van der Waals surface area contributed by atoms with Crippen LogP contribution in [0.2, 0.25) is 0 Å². The maximum Gasteiger partial charge on any atom is 0.389 e. The Morgan fingerprint density at radius 3 is 2.21 bits per heavy atom. The number of rotatable bonds is 8. The van der Waals surface area contributed by atoms with Crippen molar-refractivity contribution in [3.05, 3.63) is 0 Å². The Labute approximate surface area is 110 Å². The molecule has 0 saturated heterocycles. The molecule has 0 rings (SSSR count). The lowest BCUT2D eigenvalue weighted by atomic mass is 9.97. The SMILES string of the molecule is CC(C)C(CNS(=O)(=O)CCCC(F)(F)F)C(=O)O. The quantitative estimate of drug-likeness (QED) is 0.713. The molecule has 5 nitrogen and oxygen atoms in total. The van der Waals surface area contributed by atoms with Crippen molar-refractivity contribution in [1.82, 2.24) is 4.72 Å². The van der Waals surface area contributed by atoms with Gasteiger partial charge in [-0.3, -0.25) is 4.79 Å². The number of sulfonamides is 1. The number of carboxylic acids is 1.